The molecule has 0 bridgehead atoms. The zero-order chi connectivity index (χ0) is 18.2. The second-order valence-electron chi connectivity index (χ2n) is 7.29. The van der Waals surface area contributed by atoms with E-state index in [4.69, 9.17) is 4.74 Å². The van der Waals surface area contributed by atoms with Crippen LogP contribution in [-0.2, 0) is 4.74 Å². The highest BCUT2D eigenvalue weighted by atomic mass is 127. The van der Waals surface area contributed by atoms with Crippen LogP contribution >= 0.6 is 35.7 Å². The van der Waals surface area contributed by atoms with E-state index >= 15 is 0 Å². The first-order valence-corrected chi connectivity index (χ1v) is 11.1. The highest BCUT2D eigenvalue weighted by Gasteiger charge is 2.30. The molecule has 152 valence electrons. The summed E-state index contributed by atoms with van der Waals surface area (Å²) in [5.74, 6) is 2.65. The molecule has 0 aromatic heterocycles. The van der Waals surface area contributed by atoms with Crippen molar-refractivity contribution >= 4 is 41.7 Å². The van der Waals surface area contributed by atoms with Gasteiger partial charge >= 0.3 is 0 Å². The second-order valence-corrected chi connectivity index (χ2v) is 8.87. The van der Waals surface area contributed by atoms with Gasteiger partial charge in [-0.15, -0.1) is 24.0 Å². The summed E-state index contributed by atoms with van der Waals surface area (Å²) in [5, 5.41) is 8.02. The molecule has 1 aromatic rings. The topological polar surface area (TPSA) is 45.7 Å². The zero-order valence-corrected chi connectivity index (χ0v) is 19.7. The lowest BCUT2D eigenvalue weighted by atomic mass is 9.94. The van der Waals surface area contributed by atoms with E-state index in [9.17, 15) is 0 Å². The Hall–Kier alpha value is -0.470. The fourth-order valence-electron chi connectivity index (χ4n) is 4.13. The Balaban J connectivity index is 0.00000261. The van der Waals surface area contributed by atoms with E-state index in [1.807, 2.05) is 7.05 Å². The summed E-state index contributed by atoms with van der Waals surface area (Å²) in [5.41, 5.74) is 1.28. The molecule has 4 unspecified atom stereocenters. The number of ether oxygens (including phenoxy) is 1. The third kappa shape index (κ3) is 6.82. The van der Waals surface area contributed by atoms with Crippen molar-refractivity contribution in [3.05, 3.63) is 35.9 Å². The fraction of sp³-hybridized carbons (Fsp3) is 0.667. The molecule has 1 aromatic carbocycles. The third-order valence-electron chi connectivity index (χ3n) is 5.47. The molecule has 0 amide bonds. The number of halogens is 1. The molecule has 0 radical (unpaired) electrons. The number of nitrogens with zero attached hydrogens (tertiary/aromatic N) is 1. The molecule has 0 spiro atoms. The first kappa shape index (κ1) is 22.8. The van der Waals surface area contributed by atoms with Gasteiger partial charge in [0.1, 0.15) is 0 Å². The summed E-state index contributed by atoms with van der Waals surface area (Å²) in [6.45, 7) is 4.00. The highest BCUT2D eigenvalue weighted by molar-refractivity contribution is 14.0. The number of hydrogen-bond acceptors (Lipinski definition) is 3. The van der Waals surface area contributed by atoms with Gasteiger partial charge in [0.2, 0.25) is 0 Å². The number of aliphatic imine (C=N–C) groups is 1. The van der Waals surface area contributed by atoms with Crippen LogP contribution in [0, 0.1) is 5.92 Å². The Bertz CT molecular complexity index is 570. The smallest absolute Gasteiger partial charge is 0.191 e. The van der Waals surface area contributed by atoms with Crippen molar-refractivity contribution in [3.8, 4) is 0 Å². The van der Waals surface area contributed by atoms with Gasteiger partial charge in [0.25, 0.3) is 0 Å². The van der Waals surface area contributed by atoms with Crippen LogP contribution < -0.4 is 10.6 Å². The zero-order valence-electron chi connectivity index (χ0n) is 16.5. The molecule has 6 heteroatoms. The van der Waals surface area contributed by atoms with Crippen LogP contribution in [0.25, 0.3) is 0 Å². The van der Waals surface area contributed by atoms with Gasteiger partial charge < -0.3 is 15.4 Å². The summed E-state index contributed by atoms with van der Waals surface area (Å²) >= 11 is 2.11. The predicted octanol–water partition coefficient (Wildman–Crippen LogP) is 4.61. The summed E-state index contributed by atoms with van der Waals surface area (Å²) in [6, 6.07) is 11.1. The van der Waals surface area contributed by atoms with Crippen LogP contribution in [0.15, 0.2) is 35.3 Å². The summed E-state index contributed by atoms with van der Waals surface area (Å²) in [7, 11) is 1.87. The first-order valence-electron chi connectivity index (χ1n) is 10.1. The van der Waals surface area contributed by atoms with Crippen LogP contribution in [0.2, 0.25) is 0 Å². The molecule has 2 fully saturated rings. The Morgan fingerprint density at radius 1 is 1.22 bits per heavy atom. The van der Waals surface area contributed by atoms with Gasteiger partial charge in [0, 0.05) is 37.4 Å². The lowest BCUT2D eigenvalue weighted by Crippen LogP contribution is -2.47. The van der Waals surface area contributed by atoms with Crippen molar-refractivity contribution in [1.82, 2.24) is 10.6 Å². The Labute approximate surface area is 185 Å². The summed E-state index contributed by atoms with van der Waals surface area (Å²) in [4.78, 5) is 4.46. The van der Waals surface area contributed by atoms with Crippen LogP contribution in [0.5, 0.6) is 0 Å². The maximum absolute atomic E-state index is 6.01. The van der Waals surface area contributed by atoms with E-state index in [0.717, 1.165) is 30.8 Å². The maximum atomic E-state index is 6.01. The lowest BCUT2D eigenvalue weighted by Gasteiger charge is -2.30. The molecule has 2 N–H and O–H groups in total. The molecule has 2 aliphatic rings. The summed E-state index contributed by atoms with van der Waals surface area (Å²) in [6.07, 6.45) is 6.47. The Kier molecular flexibility index (Phi) is 10.3. The van der Waals surface area contributed by atoms with Crippen molar-refractivity contribution in [2.45, 2.75) is 56.4 Å². The average molecular weight is 503 g/mol. The standard InChI is InChI=1S/C21H33N3OS.HI/c1-3-26-19-11-7-10-18(14-19)24-21(22-2)23-15-17-12-13-25-20(17)16-8-5-4-6-9-16;/h4-6,8-9,17-20H,3,7,10-15H2,1-2H3,(H2,22,23,24);1H. The quantitative estimate of drug-likeness (QED) is 0.338. The van der Waals surface area contributed by atoms with Gasteiger partial charge in [-0.3, -0.25) is 4.99 Å². The normalized spacial score (nSPS) is 28.4. The minimum Gasteiger partial charge on any atom is -0.373 e. The minimum atomic E-state index is 0. The molecule has 27 heavy (non-hydrogen) atoms. The SMILES string of the molecule is CCSC1CCCC(NC(=NC)NCC2CCOC2c2ccccc2)C1.I. The van der Waals surface area contributed by atoms with Gasteiger partial charge in [-0.05, 0) is 37.0 Å². The molecule has 1 aliphatic carbocycles. The van der Waals surface area contributed by atoms with E-state index in [2.05, 4.69) is 64.6 Å². The maximum Gasteiger partial charge on any atom is 0.191 e. The minimum absolute atomic E-state index is 0. The number of hydrogen-bond donors (Lipinski definition) is 2. The molecule has 1 saturated carbocycles. The Morgan fingerprint density at radius 2 is 2.04 bits per heavy atom. The van der Waals surface area contributed by atoms with Crippen molar-refractivity contribution in [3.63, 3.8) is 0 Å². The number of rotatable bonds is 6. The molecule has 1 saturated heterocycles. The molecular formula is C21H34IN3OS. The number of nitrogens with one attached hydrogen (secondary N) is 2. The van der Waals surface area contributed by atoms with Gasteiger partial charge in [0.15, 0.2) is 5.96 Å². The van der Waals surface area contributed by atoms with Gasteiger partial charge in [-0.1, -0.05) is 43.7 Å². The van der Waals surface area contributed by atoms with Crippen molar-refractivity contribution < 1.29 is 4.74 Å². The molecule has 4 nitrogen and oxygen atoms in total. The van der Waals surface area contributed by atoms with Gasteiger partial charge in [-0.25, -0.2) is 0 Å². The van der Waals surface area contributed by atoms with Crippen molar-refractivity contribution in [2.24, 2.45) is 10.9 Å². The van der Waals surface area contributed by atoms with Gasteiger partial charge in [-0.2, -0.15) is 11.8 Å². The highest BCUT2D eigenvalue weighted by Crippen LogP contribution is 2.34. The van der Waals surface area contributed by atoms with Crippen molar-refractivity contribution in [2.75, 3.05) is 26.0 Å². The number of guanidine groups is 1. The van der Waals surface area contributed by atoms with Crippen LogP contribution in [-0.4, -0.2) is 43.2 Å². The molecule has 1 heterocycles. The van der Waals surface area contributed by atoms with E-state index < -0.39 is 0 Å². The first-order chi connectivity index (χ1) is 12.8. The number of thioether (sulfide) groups is 1. The third-order valence-corrected chi connectivity index (χ3v) is 6.70. The molecular weight excluding hydrogens is 469 g/mol. The fourth-order valence-corrected chi connectivity index (χ4v) is 5.31. The van der Waals surface area contributed by atoms with Crippen LogP contribution in [0.3, 0.4) is 0 Å². The summed E-state index contributed by atoms with van der Waals surface area (Å²) < 4.78 is 6.01. The second kappa shape index (κ2) is 12.2. The predicted molar refractivity (Wildman–Crippen MR) is 127 cm³/mol. The van der Waals surface area contributed by atoms with Crippen molar-refractivity contribution in [1.29, 1.82) is 0 Å². The largest absolute Gasteiger partial charge is 0.373 e. The molecule has 4 atom stereocenters. The van der Waals surface area contributed by atoms with Crippen LogP contribution in [0.4, 0.5) is 0 Å². The van der Waals surface area contributed by atoms with E-state index in [1.165, 1.54) is 37.0 Å². The van der Waals surface area contributed by atoms with Crippen LogP contribution in [0.1, 0.15) is 50.7 Å². The van der Waals surface area contributed by atoms with Gasteiger partial charge in [0.05, 0.1) is 6.10 Å². The average Bonchev–Trinajstić information content (AvgIpc) is 3.15. The van der Waals surface area contributed by atoms with E-state index in [1.54, 1.807) is 0 Å². The van der Waals surface area contributed by atoms with E-state index in [0.29, 0.717) is 12.0 Å². The van der Waals surface area contributed by atoms with E-state index in [-0.39, 0.29) is 30.1 Å². The molecule has 1 aliphatic heterocycles. The Morgan fingerprint density at radius 3 is 2.78 bits per heavy atom. The monoisotopic (exact) mass is 503 g/mol. The lowest BCUT2D eigenvalue weighted by molar-refractivity contribution is 0.0915. The number of benzene rings is 1. The molecule has 3 rings (SSSR count).